The summed E-state index contributed by atoms with van der Waals surface area (Å²) in [5.41, 5.74) is 3.06. The number of nitrogens with zero attached hydrogens (tertiary/aromatic N) is 1. The summed E-state index contributed by atoms with van der Waals surface area (Å²) >= 11 is 16.0. The van der Waals surface area contributed by atoms with Gasteiger partial charge in [-0.25, -0.2) is 0 Å². The summed E-state index contributed by atoms with van der Waals surface area (Å²) in [5.74, 6) is -0.189. The van der Waals surface area contributed by atoms with E-state index in [9.17, 15) is 9.59 Å². The van der Waals surface area contributed by atoms with Gasteiger partial charge in [0.05, 0.1) is 10.7 Å². The van der Waals surface area contributed by atoms with Crippen molar-refractivity contribution in [1.29, 1.82) is 0 Å². The van der Waals surface area contributed by atoms with Crippen LogP contribution in [-0.4, -0.2) is 11.7 Å². The van der Waals surface area contributed by atoms with E-state index in [1.165, 1.54) is 0 Å². The smallest absolute Gasteiger partial charge is 0.232 e. The quantitative estimate of drug-likeness (QED) is 0.524. The number of Topliss-reactive ketones (excluding diaryl/α,β-unsaturated/α-hetero) is 1. The molecule has 2 aromatic rings. The normalized spacial score (nSPS) is 20.1. The average molecular weight is 465 g/mol. The molecule has 6 heteroatoms. The number of carbonyl (C=O) groups excluding carboxylic acids is 2. The van der Waals surface area contributed by atoms with Gasteiger partial charge in [0.15, 0.2) is 5.78 Å². The number of benzene rings is 2. The van der Waals surface area contributed by atoms with E-state index in [-0.39, 0.29) is 24.0 Å². The van der Waals surface area contributed by atoms with Crippen molar-refractivity contribution in [3.05, 3.63) is 73.8 Å². The Labute approximate surface area is 176 Å². The van der Waals surface area contributed by atoms with Crippen LogP contribution in [0.25, 0.3) is 0 Å². The number of carbonyl (C=O) groups is 2. The molecule has 0 N–H and O–H groups in total. The SMILES string of the molecule is O=C1CCCC2=C1C(c1ccccc1Br)CC(=O)N2c1ccc(Cl)cc1Cl. The van der Waals surface area contributed by atoms with E-state index in [1.54, 1.807) is 23.1 Å². The third-order valence-corrected chi connectivity index (χ3v) is 6.37. The number of amides is 1. The zero-order valence-electron chi connectivity index (χ0n) is 14.3. The lowest BCUT2D eigenvalue weighted by Crippen LogP contribution is -2.40. The van der Waals surface area contributed by atoms with Crippen LogP contribution in [0.2, 0.25) is 10.0 Å². The monoisotopic (exact) mass is 463 g/mol. The van der Waals surface area contributed by atoms with E-state index >= 15 is 0 Å². The Kier molecular flexibility index (Phi) is 5.15. The van der Waals surface area contributed by atoms with E-state index in [4.69, 9.17) is 23.2 Å². The summed E-state index contributed by atoms with van der Waals surface area (Å²) in [7, 11) is 0. The molecule has 0 aromatic heterocycles. The van der Waals surface area contributed by atoms with Crippen LogP contribution in [-0.2, 0) is 9.59 Å². The molecular weight excluding hydrogens is 449 g/mol. The Morgan fingerprint density at radius 1 is 1.04 bits per heavy atom. The first-order valence-electron chi connectivity index (χ1n) is 8.76. The van der Waals surface area contributed by atoms with Crippen LogP contribution in [0, 0.1) is 0 Å². The summed E-state index contributed by atoms with van der Waals surface area (Å²) in [6.45, 7) is 0. The molecule has 1 amide bonds. The molecule has 1 atom stereocenters. The highest BCUT2D eigenvalue weighted by Crippen LogP contribution is 2.46. The Morgan fingerprint density at radius 3 is 2.56 bits per heavy atom. The summed E-state index contributed by atoms with van der Waals surface area (Å²) in [6, 6.07) is 12.8. The molecule has 2 aliphatic rings. The Bertz CT molecular complexity index is 986. The first-order chi connectivity index (χ1) is 13.0. The molecular formula is C21H16BrCl2NO2. The first kappa shape index (κ1) is 18.7. The van der Waals surface area contributed by atoms with Crippen molar-refractivity contribution in [3.63, 3.8) is 0 Å². The molecule has 0 saturated carbocycles. The minimum Gasteiger partial charge on any atom is -0.294 e. The van der Waals surface area contributed by atoms with Gasteiger partial charge in [-0.05, 0) is 42.7 Å². The molecule has 0 bridgehead atoms. The van der Waals surface area contributed by atoms with Gasteiger partial charge in [-0.2, -0.15) is 0 Å². The van der Waals surface area contributed by atoms with Gasteiger partial charge in [-0.3, -0.25) is 14.5 Å². The average Bonchev–Trinajstić information content (AvgIpc) is 2.63. The Morgan fingerprint density at radius 2 is 1.81 bits per heavy atom. The summed E-state index contributed by atoms with van der Waals surface area (Å²) in [6.07, 6.45) is 2.14. The number of hydrogen-bond donors (Lipinski definition) is 0. The fourth-order valence-corrected chi connectivity index (χ4v) is 5.01. The van der Waals surface area contributed by atoms with Crippen LogP contribution in [0.5, 0.6) is 0 Å². The lowest BCUT2D eigenvalue weighted by Gasteiger charge is -2.38. The van der Waals surface area contributed by atoms with Crippen LogP contribution in [0.1, 0.15) is 37.2 Å². The van der Waals surface area contributed by atoms with E-state index in [2.05, 4.69) is 15.9 Å². The maximum Gasteiger partial charge on any atom is 0.232 e. The van der Waals surface area contributed by atoms with Gasteiger partial charge in [0.25, 0.3) is 0 Å². The molecule has 1 aliphatic carbocycles. The Balaban J connectivity index is 1.90. The largest absolute Gasteiger partial charge is 0.294 e. The van der Waals surface area contributed by atoms with Gasteiger partial charge < -0.3 is 0 Å². The lowest BCUT2D eigenvalue weighted by molar-refractivity contribution is -0.119. The number of ketones is 1. The topological polar surface area (TPSA) is 37.4 Å². The summed E-state index contributed by atoms with van der Waals surface area (Å²) in [4.78, 5) is 27.7. The minimum atomic E-state index is -0.238. The molecule has 1 unspecified atom stereocenters. The standard InChI is InChI=1S/C21H16BrCl2NO2/c22-15-5-2-1-4-13(15)14-11-20(27)25(17-9-8-12(23)10-16(17)24)18-6-3-7-19(26)21(14)18/h1-2,4-5,8-10,14H,3,6-7,11H2. The maximum atomic E-state index is 13.2. The van der Waals surface area contributed by atoms with E-state index in [1.807, 2.05) is 24.3 Å². The highest BCUT2D eigenvalue weighted by molar-refractivity contribution is 9.10. The highest BCUT2D eigenvalue weighted by atomic mass is 79.9. The second-order valence-corrected chi connectivity index (χ2v) is 8.44. The van der Waals surface area contributed by atoms with Crippen LogP contribution >= 0.6 is 39.1 Å². The van der Waals surface area contributed by atoms with Gasteiger partial charge >= 0.3 is 0 Å². The van der Waals surface area contributed by atoms with Crippen LogP contribution in [0.4, 0.5) is 5.69 Å². The molecule has 27 heavy (non-hydrogen) atoms. The van der Waals surface area contributed by atoms with Crippen molar-refractivity contribution in [1.82, 2.24) is 0 Å². The molecule has 4 rings (SSSR count). The van der Waals surface area contributed by atoms with Crippen LogP contribution in [0.15, 0.2) is 58.2 Å². The zero-order chi connectivity index (χ0) is 19.1. The fourth-order valence-electron chi connectivity index (χ4n) is 3.96. The Hall–Kier alpha value is -1.62. The van der Waals surface area contributed by atoms with Crippen molar-refractivity contribution in [3.8, 4) is 0 Å². The van der Waals surface area contributed by atoms with Crippen molar-refractivity contribution in [2.75, 3.05) is 4.90 Å². The van der Waals surface area contributed by atoms with Gasteiger partial charge in [0.1, 0.15) is 0 Å². The third kappa shape index (κ3) is 3.35. The van der Waals surface area contributed by atoms with Gasteiger partial charge in [0, 0.05) is 39.5 Å². The van der Waals surface area contributed by atoms with Gasteiger partial charge in [-0.1, -0.05) is 57.3 Å². The first-order valence-corrected chi connectivity index (χ1v) is 10.3. The maximum absolute atomic E-state index is 13.2. The summed E-state index contributed by atoms with van der Waals surface area (Å²) < 4.78 is 0.908. The van der Waals surface area contributed by atoms with Crippen molar-refractivity contribution in [2.45, 2.75) is 31.6 Å². The molecule has 0 radical (unpaired) electrons. The van der Waals surface area contributed by atoms with Crippen LogP contribution in [0.3, 0.4) is 0 Å². The predicted molar refractivity (Wildman–Crippen MR) is 111 cm³/mol. The van der Waals surface area contributed by atoms with E-state index in [0.29, 0.717) is 28.6 Å². The van der Waals surface area contributed by atoms with Gasteiger partial charge in [-0.15, -0.1) is 0 Å². The second kappa shape index (κ2) is 7.42. The molecule has 0 fully saturated rings. The van der Waals surface area contributed by atoms with Crippen molar-refractivity contribution >= 4 is 56.5 Å². The molecule has 2 aromatic carbocycles. The lowest BCUT2D eigenvalue weighted by atomic mass is 9.77. The number of allylic oxidation sites excluding steroid dienone is 2. The number of halogens is 3. The zero-order valence-corrected chi connectivity index (χ0v) is 17.4. The van der Waals surface area contributed by atoms with Gasteiger partial charge in [0.2, 0.25) is 5.91 Å². The molecule has 1 heterocycles. The molecule has 0 spiro atoms. The number of anilines is 1. The molecule has 3 nitrogen and oxygen atoms in total. The third-order valence-electron chi connectivity index (χ3n) is 5.11. The predicted octanol–water partition coefficient (Wildman–Crippen LogP) is 6.28. The van der Waals surface area contributed by atoms with Crippen molar-refractivity contribution < 1.29 is 9.59 Å². The number of rotatable bonds is 2. The molecule has 0 saturated heterocycles. The van der Waals surface area contributed by atoms with E-state index in [0.717, 1.165) is 27.7 Å². The molecule has 1 aliphatic heterocycles. The molecule has 138 valence electrons. The highest BCUT2D eigenvalue weighted by Gasteiger charge is 2.40. The van der Waals surface area contributed by atoms with E-state index < -0.39 is 0 Å². The minimum absolute atomic E-state index is 0.0616. The fraction of sp³-hybridized carbons (Fsp3) is 0.238. The van der Waals surface area contributed by atoms with Crippen LogP contribution < -0.4 is 4.90 Å². The second-order valence-electron chi connectivity index (χ2n) is 6.74. The summed E-state index contributed by atoms with van der Waals surface area (Å²) in [5, 5.41) is 0.910. The number of hydrogen-bond acceptors (Lipinski definition) is 2. The van der Waals surface area contributed by atoms with Crippen molar-refractivity contribution in [2.24, 2.45) is 0 Å².